The van der Waals surface area contributed by atoms with E-state index in [1.54, 1.807) is 12.1 Å². The van der Waals surface area contributed by atoms with Crippen molar-refractivity contribution in [3.63, 3.8) is 0 Å². The number of hydrogen-bond acceptors (Lipinski definition) is 4. The Bertz CT molecular complexity index is 1140. The van der Waals surface area contributed by atoms with Gasteiger partial charge >= 0.3 is 0 Å². The van der Waals surface area contributed by atoms with E-state index in [-0.39, 0.29) is 23.0 Å². The molecule has 0 radical (unpaired) electrons. The van der Waals surface area contributed by atoms with Crippen LogP contribution in [0.1, 0.15) is 104 Å². The highest BCUT2D eigenvalue weighted by Crippen LogP contribution is 2.67. The Labute approximate surface area is 238 Å². The van der Waals surface area contributed by atoms with Crippen LogP contribution in [0, 0.1) is 53.3 Å². The molecule has 8 atom stereocenters. The van der Waals surface area contributed by atoms with E-state index < -0.39 is 10.1 Å². The largest absolute Gasteiger partial charge is 0.393 e. The average molecular weight is 557 g/mol. The Morgan fingerprint density at radius 3 is 2.46 bits per heavy atom. The monoisotopic (exact) mass is 556 g/mol. The van der Waals surface area contributed by atoms with Crippen LogP contribution in [0.3, 0.4) is 0 Å². The molecule has 4 aliphatic rings. The van der Waals surface area contributed by atoms with Crippen molar-refractivity contribution in [2.45, 2.75) is 116 Å². The lowest BCUT2D eigenvalue weighted by molar-refractivity contribution is -0.0755. The molecular weight excluding hydrogens is 504 g/mol. The van der Waals surface area contributed by atoms with Crippen molar-refractivity contribution in [1.82, 2.24) is 0 Å². The van der Waals surface area contributed by atoms with Crippen LogP contribution in [0.2, 0.25) is 0 Å². The van der Waals surface area contributed by atoms with E-state index in [4.69, 9.17) is 4.18 Å². The fraction of sp³-hybridized carbons (Fsp3) is 0.765. The van der Waals surface area contributed by atoms with E-state index >= 15 is 0 Å². The number of aryl methyl sites for hydroxylation is 1. The van der Waals surface area contributed by atoms with Crippen LogP contribution in [-0.4, -0.2) is 26.2 Å². The van der Waals surface area contributed by atoms with Crippen molar-refractivity contribution in [3.8, 4) is 0 Å². The highest BCUT2D eigenvalue weighted by Gasteiger charge is 2.60. The molecule has 0 aliphatic heterocycles. The van der Waals surface area contributed by atoms with E-state index in [2.05, 4.69) is 33.8 Å². The molecular formula is C34H52O4S. The number of rotatable bonds is 9. The van der Waals surface area contributed by atoms with Gasteiger partial charge < -0.3 is 5.11 Å². The predicted octanol–water partition coefficient (Wildman–Crippen LogP) is 8.08. The SMILES string of the molecule is Cc1ccc(S(=O)(=O)OC[C@]23CC[C@H](O)CC2=CC[C@@H]2[C@@H]3CC[C@]3(C)[C@@H]([C@H](C)CCCC(C)C)CC[C@@H]23)cc1. The fourth-order valence-electron chi connectivity index (χ4n) is 9.69. The van der Waals surface area contributed by atoms with Gasteiger partial charge in [0.25, 0.3) is 10.1 Å². The molecule has 5 heteroatoms. The van der Waals surface area contributed by atoms with Crippen molar-refractivity contribution >= 4 is 10.1 Å². The highest BCUT2D eigenvalue weighted by atomic mass is 32.2. The number of hydrogen-bond donors (Lipinski definition) is 1. The summed E-state index contributed by atoms with van der Waals surface area (Å²) in [6.07, 6.45) is 14.4. The lowest BCUT2D eigenvalue weighted by Gasteiger charge is -2.59. The number of fused-ring (bicyclic) bond motifs is 5. The average Bonchev–Trinajstić information content (AvgIpc) is 3.25. The number of benzene rings is 1. The van der Waals surface area contributed by atoms with E-state index in [0.29, 0.717) is 29.6 Å². The van der Waals surface area contributed by atoms with Crippen molar-refractivity contribution in [2.75, 3.05) is 6.61 Å². The van der Waals surface area contributed by atoms with Crippen LogP contribution in [-0.2, 0) is 14.3 Å². The molecule has 0 amide bonds. The molecule has 3 saturated carbocycles. The van der Waals surface area contributed by atoms with Gasteiger partial charge in [-0.1, -0.05) is 76.3 Å². The summed E-state index contributed by atoms with van der Waals surface area (Å²) in [4.78, 5) is 0.236. The maximum atomic E-state index is 13.3. The Morgan fingerprint density at radius 2 is 1.74 bits per heavy atom. The fourth-order valence-corrected chi connectivity index (χ4v) is 10.7. The lowest BCUT2D eigenvalue weighted by atomic mass is 9.46. The summed E-state index contributed by atoms with van der Waals surface area (Å²) in [6.45, 7) is 11.9. The Hall–Kier alpha value is -1.17. The summed E-state index contributed by atoms with van der Waals surface area (Å²) in [5.74, 6) is 4.07. The standard InChI is InChI=1S/C34H52O4S/c1-23(2)7-6-8-25(4)30-15-16-31-29-14-11-26-21-27(35)17-20-34(26,32(29)18-19-33(30,31)5)22-38-39(36,37)28-12-9-24(3)10-13-28/h9-13,23,25,27,29-32,35H,6-8,14-22H2,1-5H3/t25-,27+,29+,30-,31+,32+,33-,34-/m1/s1. The van der Waals surface area contributed by atoms with Crippen LogP contribution < -0.4 is 0 Å². The normalized spacial score (nSPS) is 37.1. The molecule has 0 saturated heterocycles. The van der Waals surface area contributed by atoms with E-state index in [9.17, 15) is 13.5 Å². The summed E-state index contributed by atoms with van der Waals surface area (Å²) in [7, 11) is -3.84. The first-order valence-corrected chi connectivity index (χ1v) is 17.2. The minimum Gasteiger partial charge on any atom is -0.393 e. The summed E-state index contributed by atoms with van der Waals surface area (Å²) in [5, 5.41) is 10.6. The summed E-state index contributed by atoms with van der Waals surface area (Å²) >= 11 is 0. The smallest absolute Gasteiger partial charge is 0.297 e. The van der Waals surface area contributed by atoms with Crippen LogP contribution in [0.5, 0.6) is 0 Å². The van der Waals surface area contributed by atoms with Crippen LogP contribution in [0.4, 0.5) is 0 Å². The quantitative estimate of drug-likeness (QED) is 0.247. The molecule has 218 valence electrons. The minimum absolute atomic E-state index is 0.210. The second-order valence-electron chi connectivity index (χ2n) is 14.5. The summed E-state index contributed by atoms with van der Waals surface area (Å²) in [6, 6.07) is 6.96. The molecule has 1 aromatic carbocycles. The maximum absolute atomic E-state index is 13.3. The van der Waals surface area contributed by atoms with Gasteiger partial charge in [0.15, 0.2) is 0 Å². The molecule has 0 heterocycles. The first kappa shape index (κ1) is 29.3. The Kier molecular flexibility index (Phi) is 8.46. The third kappa shape index (κ3) is 5.54. The topological polar surface area (TPSA) is 63.6 Å². The van der Waals surface area contributed by atoms with Crippen LogP contribution in [0.15, 0.2) is 40.8 Å². The molecule has 3 fully saturated rings. The molecule has 1 N–H and O–H groups in total. The zero-order valence-electron chi connectivity index (χ0n) is 25.0. The Morgan fingerprint density at radius 1 is 1.00 bits per heavy atom. The predicted molar refractivity (Wildman–Crippen MR) is 158 cm³/mol. The number of allylic oxidation sites excluding steroid dienone is 1. The van der Waals surface area contributed by atoms with Gasteiger partial charge in [-0.25, -0.2) is 0 Å². The van der Waals surface area contributed by atoms with Gasteiger partial charge in [0.2, 0.25) is 0 Å². The van der Waals surface area contributed by atoms with Crippen molar-refractivity contribution in [2.24, 2.45) is 46.3 Å². The lowest BCUT2D eigenvalue weighted by Crippen LogP contribution is -2.53. The molecule has 4 nitrogen and oxygen atoms in total. The van der Waals surface area contributed by atoms with E-state index in [1.165, 1.54) is 44.1 Å². The van der Waals surface area contributed by atoms with Crippen molar-refractivity contribution in [3.05, 3.63) is 41.5 Å². The maximum Gasteiger partial charge on any atom is 0.297 e. The zero-order chi connectivity index (χ0) is 28.0. The van der Waals surface area contributed by atoms with Gasteiger partial charge in [0.05, 0.1) is 17.6 Å². The zero-order valence-corrected chi connectivity index (χ0v) is 25.8. The highest BCUT2D eigenvalue weighted by molar-refractivity contribution is 7.86. The van der Waals surface area contributed by atoms with Gasteiger partial charge in [-0.15, -0.1) is 0 Å². The number of aliphatic hydroxyl groups is 1. The first-order valence-electron chi connectivity index (χ1n) is 15.8. The number of aliphatic hydroxyl groups excluding tert-OH is 1. The van der Waals surface area contributed by atoms with Gasteiger partial charge in [0, 0.05) is 5.41 Å². The van der Waals surface area contributed by atoms with Crippen molar-refractivity contribution < 1.29 is 17.7 Å². The molecule has 4 aliphatic carbocycles. The van der Waals surface area contributed by atoms with Gasteiger partial charge in [-0.05, 0) is 111 Å². The summed E-state index contributed by atoms with van der Waals surface area (Å²) in [5.41, 5.74) is 2.40. The Balaban J connectivity index is 1.37. The molecule has 0 spiro atoms. The van der Waals surface area contributed by atoms with Crippen molar-refractivity contribution in [1.29, 1.82) is 0 Å². The van der Waals surface area contributed by atoms with Gasteiger partial charge in [-0.3, -0.25) is 4.18 Å². The molecule has 0 bridgehead atoms. The minimum atomic E-state index is -3.84. The molecule has 39 heavy (non-hydrogen) atoms. The first-order chi connectivity index (χ1) is 18.5. The second-order valence-corrected chi connectivity index (χ2v) is 16.1. The molecule has 0 aromatic heterocycles. The van der Waals surface area contributed by atoms with E-state index in [1.807, 2.05) is 19.1 Å². The van der Waals surface area contributed by atoms with Crippen LogP contribution in [0.25, 0.3) is 0 Å². The van der Waals surface area contributed by atoms with Crippen LogP contribution >= 0.6 is 0 Å². The van der Waals surface area contributed by atoms with Gasteiger partial charge in [-0.2, -0.15) is 8.42 Å². The molecule has 5 rings (SSSR count). The molecule has 0 unspecified atom stereocenters. The van der Waals surface area contributed by atoms with Gasteiger partial charge in [0.1, 0.15) is 0 Å². The molecule has 1 aromatic rings. The second kappa shape index (κ2) is 11.2. The third-order valence-electron chi connectivity index (χ3n) is 11.8. The summed E-state index contributed by atoms with van der Waals surface area (Å²) < 4.78 is 32.5. The third-order valence-corrected chi connectivity index (χ3v) is 13.1. The van der Waals surface area contributed by atoms with E-state index in [0.717, 1.165) is 49.0 Å².